The molecule has 2 rings (SSSR count). The van der Waals surface area contributed by atoms with Crippen molar-refractivity contribution in [1.29, 1.82) is 0 Å². The fourth-order valence-electron chi connectivity index (χ4n) is 2.74. The van der Waals surface area contributed by atoms with Crippen LogP contribution in [-0.4, -0.2) is 43.0 Å². The van der Waals surface area contributed by atoms with Gasteiger partial charge >= 0.3 is 0 Å². The van der Waals surface area contributed by atoms with Gasteiger partial charge in [0.25, 0.3) is 0 Å². The van der Waals surface area contributed by atoms with E-state index in [1.807, 2.05) is 30.9 Å². The van der Waals surface area contributed by atoms with E-state index in [0.29, 0.717) is 26.0 Å². The zero-order chi connectivity index (χ0) is 16.7. The maximum Gasteiger partial charge on any atom is 0.224 e. The number of amides is 2. The first-order valence-electron chi connectivity index (χ1n) is 8.31. The molecule has 23 heavy (non-hydrogen) atoms. The van der Waals surface area contributed by atoms with Crippen molar-refractivity contribution in [3.8, 4) is 5.75 Å². The van der Waals surface area contributed by atoms with Gasteiger partial charge in [-0.15, -0.1) is 0 Å². The van der Waals surface area contributed by atoms with Gasteiger partial charge < -0.3 is 15.0 Å². The SMILES string of the molecule is Cc1ccc(OCCC(=O)NCCC(=O)N2CCCC2)c(C)c1. The monoisotopic (exact) mass is 318 g/mol. The number of aryl methyl sites for hydroxylation is 2. The molecule has 0 aliphatic carbocycles. The highest BCUT2D eigenvalue weighted by molar-refractivity contribution is 5.79. The minimum absolute atomic E-state index is 0.0796. The molecule has 1 heterocycles. The molecular weight excluding hydrogens is 292 g/mol. The summed E-state index contributed by atoms with van der Waals surface area (Å²) in [6.07, 6.45) is 2.86. The van der Waals surface area contributed by atoms with Crippen LogP contribution in [0.3, 0.4) is 0 Å². The number of nitrogens with one attached hydrogen (secondary N) is 1. The van der Waals surface area contributed by atoms with Crippen LogP contribution in [0.15, 0.2) is 18.2 Å². The number of likely N-dealkylation sites (tertiary alicyclic amines) is 1. The normalized spacial score (nSPS) is 13.9. The first-order valence-corrected chi connectivity index (χ1v) is 8.31. The second-order valence-electron chi connectivity index (χ2n) is 6.06. The van der Waals surface area contributed by atoms with Crippen LogP contribution in [0, 0.1) is 13.8 Å². The number of hydrogen-bond donors (Lipinski definition) is 1. The number of ether oxygens (including phenoxy) is 1. The third-order valence-electron chi connectivity index (χ3n) is 4.04. The molecule has 0 spiro atoms. The minimum Gasteiger partial charge on any atom is -0.493 e. The molecule has 1 aliphatic heterocycles. The van der Waals surface area contributed by atoms with E-state index in [1.54, 1.807) is 0 Å². The van der Waals surface area contributed by atoms with Gasteiger partial charge in [0.1, 0.15) is 5.75 Å². The van der Waals surface area contributed by atoms with Gasteiger partial charge in [-0.3, -0.25) is 9.59 Å². The molecule has 5 heteroatoms. The van der Waals surface area contributed by atoms with Gasteiger partial charge in [-0.25, -0.2) is 0 Å². The van der Waals surface area contributed by atoms with Crippen molar-refractivity contribution in [3.05, 3.63) is 29.3 Å². The lowest BCUT2D eigenvalue weighted by atomic mass is 10.1. The Bertz CT molecular complexity index is 551. The number of carbonyl (C=O) groups is 2. The molecule has 0 atom stereocenters. The van der Waals surface area contributed by atoms with Crippen LogP contribution in [-0.2, 0) is 9.59 Å². The second-order valence-corrected chi connectivity index (χ2v) is 6.06. The number of carbonyl (C=O) groups excluding carboxylic acids is 2. The predicted molar refractivity (Wildman–Crippen MR) is 89.5 cm³/mol. The topological polar surface area (TPSA) is 58.6 Å². The van der Waals surface area contributed by atoms with E-state index >= 15 is 0 Å². The molecule has 1 aromatic carbocycles. The Morgan fingerprint density at radius 1 is 1.17 bits per heavy atom. The van der Waals surface area contributed by atoms with E-state index in [-0.39, 0.29) is 11.8 Å². The zero-order valence-electron chi connectivity index (χ0n) is 14.1. The van der Waals surface area contributed by atoms with Gasteiger partial charge in [-0.2, -0.15) is 0 Å². The quantitative estimate of drug-likeness (QED) is 0.838. The maximum absolute atomic E-state index is 11.8. The lowest BCUT2D eigenvalue weighted by Gasteiger charge is -2.15. The van der Waals surface area contributed by atoms with E-state index < -0.39 is 0 Å². The fourth-order valence-corrected chi connectivity index (χ4v) is 2.74. The third-order valence-corrected chi connectivity index (χ3v) is 4.04. The van der Waals surface area contributed by atoms with Crippen LogP contribution in [0.1, 0.15) is 36.8 Å². The van der Waals surface area contributed by atoms with Gasteiger partial charge in [-0.05, 0) is 38.3 Å². The van der Waals surface area contributed by atoms with Crippen LogP contribution in [0.25, 0.3) is 0 Å². The molecule has 0 saturated carbocycles. The molecule has 1 N–H and O–H groups in total. The zero-order valence-corrected chi connectivity index (χ0v) is 14.1. The molecule has 2 amide bonds. The van der Waals surface area contributed by atoms with Crippen molar-refractivity contribution in [2.24, 2.45) is 0 Å². The minimum atomic E-state index is -0.0796. The van der Waals surface area contributed by atoms with Gasteiger partial charge in [0.2, 0.25) is 11.8 Å². The molecule has 0 bridgehead atoms. The summed E-state index contributed by atoms with van der Waals surface area (Å²) in [5.41, 5.74) is 2.26. The number of benzene rings is 1. The molecular formula is C18H26N2O3. The van der Waals surface area contributed by atoms with Gasteiger partial charge in [-0.1, -0.05) is 17.7 Å². The molecule has 1 fully saturated rings. The van der Waals surface area contributed by atoms with Gasteiger partial charge in [0, 0.05) is 26.1 Å². The molecule has 0 unspecified atom stereocenters. The Morgan fingerprint density at radius 2 is 1.91 bits per heavy atom. The Kier molecular flexibility index (Phi) is 6.44. The summed E-state index contributed by atoms with van der Waals surface area (Å²) in [5.74, 6) is 0.867. The summed E-state index contributed by atoms with van der Waals surface area (Å²) < 4.78 is 5.64. The van der Waals surface area contributed by atoms with Crippen LogP contribution in [0.5, 0.6) is 5.75 Å². The molecule has 1 aliphatic rings. The Labute approximate surface area is 138 Å². The Balaban J connectivity index is 1.60. The molecule has 1 saturated heterocycles. The van der Waals surface area contributed by atoms with Crippen LogP contribution in [0.4, 0.5) is 0 Å². The highest BCUT2D eigenvalue weighted by Crippen LogP contribution is 2.18. The van der Waals surface area contributed by atoms with Crippen LogP contribution < -0.4 is 10.1 Å². The highest BCUT2D eigenvalue weighted by atomic mass is 16.5. The molecule has 1 aromatic rings. The fraction of sp³-hybridized carbons (Fsp3) is 0.556. The average Bonchev–Trinajstić information content (AvgIpc) is 3.04. The smallest absolute Gasteiger partial charge is 0.224 e. The van der Waals surface area contributed by atoms with Crippen molar-refractivity contribution >= 4 is 11.8 Å². The standard InChI is InChI=1S/C18H26N2O3/c1-14-5-6-16(15(2)13-14)23-12-8-17(21)19-9-7-18(22)20-10-3-4-11-20/h5-6,13H,3-4,7-12H2,1-2H3,(H,19,21). The predicted octanol–water partition coefficient (Wildman–Crippen LogP) is 2.20. The van der Waals surface area contributed by atoms with Crippen LogP contribution >= 0.6 is 0 Å². The van der Waals surface area contributed by atoms with Crippen molar-refractivity contribution in [2.45, 2.75) is 39.5 Å². The number of hydrogen-bond acceptors (Lipinski definition) is 3. The Morgan fingerprint density at radius 3 is 2.61 bits per heavy atom. The first-order chi connectivity index (χ1) is 11.1. The van der Waals surface area contributed by atoms with Crippen molar-refractivity contribution < 1.29 is 14.3 Å². The summed E-state index contributed by atoms with van der Waals surface area (Å²) in [4.78, 5) is 25.5. The Hall–Kier alpha value is -2.04. The van der Waals surface area contributed by atoms with Gasteiger partial charge in [0.05, 0.1) is 13.0 Å². The second kappa shape index (κ2) is 8.56. The summed E-state index contributed by atoms with van der Waals surface area (Å²) in [6.45, 7) is 6.49. The lowest BCUT2D eigenvalue weighted by molar-refractivity contribution is -0.130. The summed E-state index contributed by atoms with van der Waals surface area (Å²) >= 11 is 0. The molecule has 126 valence electrons. The molecule has 0 radical (unpaired) electrons. The van der Waals surface area contributed by atoms with Crippen LogP contribution in [0.2, 0.25) is 0 Å². The highest BCUT2D eigenvalue weighted by Gasteiger charge is 2.17. The largest absolute Gasteiger partial charge is 0.493 e. The van der Waals surface area contributed by atoms with Crippen molar-refractivity contribution in [2.75, 3.05) is 26.2 Å². The van der Waals surface area contributed by atoms with Crippen molar-refractivity contribution in [1.82, 2.24) is 10.2 Å². The molecule has 0 aromatic heterocycles. The number of nitrogens with zero attached hydrogens (tertiary/aromatic N) is 1. The summed E-state index contributed by atoms with van der Waals surface area (Å²) in [7, 11) is 0. The van der Waals surface area contributed by atoms with E-state index in [9.17, 15) is 9.59 Å². The average molecular weight is 318 g/mol. The third kappa shape index (κ3) is 5.58. The van der Waals surface area contributed by atoms with E-state index in [0.717, 1.165) is 37.2 Å². The van der Waals surface area contributed by atoms with E-state index in [1.165, 1.54) is 5.56 Å². The van der Waals surface area contributed by atoms with E-state index in [4.69, 9.17) is 4.74 Å². The summed E-state index contributed by atoms with van der Waals surface area (Å²) in [6, 6.07) is 5.98. The van der Waals surface area contributed by atoms with Gasteiger partial charge in [0.15, 0.2) is 0 Å². The van der Waals surface area contributed by atoms with E-state index in [2.05, 4.69) is 11.4 Å². The van der Waals surface area contributed by atoms with Crippen molar-refractivity contribution in [3.63, 3.8) is 0 Å². The number of rotatable bonds is 7. The molecule has 5 nitrogen and oxygen atoms in total. The first kappa shape index (κ1) is 17.3. The summed E-state index contributed by atoms with van der Waals surface area (Å²) in [5, 5.41) is 2.78. The maximum atomic E-state index is 11.8. The lowest BCUT2D eigenvalue weighted by Crippen LogP contribution is -2.33.